The zero-order valence-corrected chi connectivity index (χ0v) is 8.42. The lowest BCUT2D eigenvalue weighted by atomic mass is 9.76. The molecular formula is C10H16N2O. The van der Waals surface area contributed by atoms with Crippen molar-refractivity contribution in [3.8, 4) is 5.75 Å². The standard InChI is InChI=1S/C10H16N2O/c1-10(2,3)7-4-5-13-8-6-11-12-9(7)8/h6-7H,4-5H2,1-3H3,(H,11,12). The van der Waals surface area contributed by atoms with E-state index in [9.17, 15) is 0 Å². The van der Waals surface area contributed by atoms with Crippen molar-refractivity contribution in [1.82, 2.24) is 10.2 Å². The fourth-order valence-corrected chi connectivity index (χ4v) is 1.95. The molecule has 1 aromatic rings. The van der Waals surface area contributed by atoms with E-state index in [1.165, 1.54) is 5.69 Å². The highest BCUT2D eigenvalue weighted by atomic mass is 16.5. The monoisotopic (exact) mass is 180 g/mol. The normalized spacial score (nSPS) is 22.2. The van der Waals surface area contributed by atoms with Crippen molar-refractivity contribution >= 4 is 0 Å². The maximum absolute atomic E-state index is 5.50. The third kappa shape index (κ3) is 1.43. The second kappa shape index (κ2) is 2.76. The molecule has 2 rings (SSSR count). The molecule has 0 fully saturated rings. The van der Waals surface area contributed by atoms with Crippen LogP contribution in [-0.2, 0) is 0 Å². The van der Waals surface area contributed by atoms with Gasteiger partial charge in [0.25, 0.3) is 0 Å². The van der Waals surface area contributed by atoms with Gasteiger partial charge in [0.2, 0.25) is 0 Å². The second-order valence-electron chi connectivity index (χ2n) is 4.70. The van der Waals surface area contributed by atoms with Gasteiger partial charge in [0.15, 0.2) is 5.75 Å². The van der Waals surface area contributed by atoms with Crippen LogP contribution in [-0.4, -0.2) is 16.8 Å². The topological polar surface area (TPSA) is 37.9 Å². The molecule has 1 N–H and O–H groups in total. The summed E-state index contributed by atoms with van der Waals surface area (Å²) in [6.07, 6.45) is 2.85. The van der Waals surface area contributed by atoms with Crippen LogP contribution < -0.4 is 4.74 Å². The summed E-state index contributed by atoms with van der Waals surface area (Å²) in [5.74, 6) is 1.48. The first-order chi connectivity index (χ1) is 6.09. The summed E-state index contributed by atoms with van der Waals surface area (Å²) in [5.41, 5.74) is 1.45. The van der Waals surface area contributed by atoms with Gasteiger partial charge in [-0.1, -0.05) is 20.8 Å². The lowest BCUT2D eigenvalue weighted by molar-refractivity contribution is 0.201. The van der Waals surface area contributed by atoms with Crippen molar-refractivity contribution in [2.45, 2.75) is 33.1 Å². The molecule has 1 aliphatic heterocycles. The number of rotatable bonds is 0. The largest absolute Gasteiger partial charge is 0.490 e. The van der Waals surface area contributed by atoms with Crippen LogP contribution in [0.2, 0.25) is 0 Å². The first-order valence-electron chi connectivity index (χ1n) is 4.75. The van der Waals surface area contributed by atoms with Gasteiger partial charge in [0.1, 0.15) is 0 Å². The van der Waals surface area contributed by atoms with Crippen molar-refractivity contribution in [1.29, 1.82) is 0 Å². The zero-order valence-electron chi connectivity index (χ0n) is 8.42. The smallest absolute Gasteiger partial charge is 0.160 e. The number of fused-ring (bicyclic) bond motifs is 1. The number of aromatic amines is 1. The summed E-state index contributed by atoms with van der Waals surface area (Å²) in [5, 5.41) is 7.06. The molecule has 0 saturated carbocycles. The summed E-state index contributed by atoms with van der Waals surface area (Å²) in [7, 11) is 0. The van der Waals surface area contributed by atoms with Gasteiger partial charge >= 0.3 is 0 Å². The van der Waals surface area contributed by atoms with Crippen LogP contribution >= 0.6 is 0 Å². The minimum atomic E-state index is 0.283. The van der Waals surface area contributed by atoms with Crippen molar-refractivity contribution < 1.29 is 4.74 Å². The molecule has 72 valence electrons. The number of aromatic nitrogens is 2. The van der Waals surface area contributed by atoms with Crippen LogP contribution in [0.15, 0.2) is 6.20 Å². The Hall–Kier alpha value is -0.990. The van der Waals surface area contributed by atoms with Gasteiger partial charge in [-0.05, 0) is 11.8 Å². The molecule has 0 bridgehead atoms. The first kappa shape index (κ1) is 8.60. The highest BCUT2D eigenvalue weighted by Crippen LogP contribution is 2.42. The predicted molar refractivity (Wildman–Crippen MR) is 50.9 cm³/mol. The molecule has 3 heteroatoms. The molecule has 0 saturated heterocycles. The average molecular weight is 180 g/mol. The van der Waals surface area contributed by atoms with Crippen molar-refractivity contribution in [2.24, 2.45) is 5.41 Å². The molecular weight excluding hydrogens is 164 g/mol. The predicted octanol–water partition coefficient (Wildman–Crippen LogP) is 2.32. The molecule has 0 amide bonds. The van der Waals surface area contributed by atoms with Crippen LogP contribution in [0.25, 0.3) is 0 Å². The van der Waals surface area contributed by atoms with E-state index in [1.807, 2.05) is 0 Å². The number of nitrogens with one attached hydrogen (secondary N) is 1. The molecule has 3 nitrogen and oxygen atoms in total. The van der Waals surface area contributed by atoms with Crippen LogP contribution in [0.4, 0.5) is 0 Å². The summed E-state index contributed by atoms with van der Waals surface area (Å²) >= 11 is 0. The summed E-state index contributed by atoms with van der Waals surface area (Å²) < 4.78 is 5.50. The van der Waals surface area contributed by atoms with Gasteiger partial charge in [0.05, 0.1) is 18.5 Å². The van der Waals surface area contributed by atoms with E-state index in [-0.39, 0.29) is 5.41 Å². The zero-order chi connectivity index (χ0) is 9.47. The van der Waals surface area contributed by atoms with Crippen LogP contribution in [0.5, 0.6) is 5.75 Å². The molecule has 1 atom stereocenters. The van der Waals surface area contributed by atoms with E-state index in [1.54, 1.807) is 6.20 Å². The highest BCUT2D eigenvalue weighted by Gasteiger charge is 2.32. The average Bonchev–Trinajstić information content (AvgIpc) is 2.48. The number of nitrogens with zero attached hydrogens (tertiary/aromatic N) is 1. The molecule has 0 radical (unpaired) electrons. The number of hydrogen-bond donors (Lipinski definition) is 1. The highest BCUT2D eigenvalue weighted by molar-refractivity contribution is 5.30. The molecule has 13 heavy (non-hydrogen) atoms. The third-order valence-electron chi connectivity index (χ3n) is 2.69. The van der Waals surface area contributed by atoms with Gasteiger partial charge in [-0.3, -0.25) is 5.10 Å². The minimum absolute atomic E-state index is 0.283. The van der Waals surface area contributed by atoms with E-state index in [0.717, 1.165) is 18.8 Å². The Morgan fingerprint density at radius 2 is 2.31 bits per heavy atom. The van der Waals surface area contributed by atoms with Crippen molar-refractivity contribution in [3.05, 3.63) is 11.9 Å². The Kier molecular flexibility index (Phi) is 1.82. The number of ether oxygens (including phenoxy) is 1. The Balaban J connectivity index is 2.35. The van der Waals surface area contributed by atoms with E-state index < -0.39 is 0 Å². The van der Waals surface area contributed by atoms with Crippen LogP contribution in [0.3, 0.4) is 0 Å². The maximum atomic E-state index is 5.50. The van der Waals surface area contributed by atoms with Crippen LogP contribution in [0, 0.1) is 5.41 Å². The Morgan fingerprint density at radius 1 is 1.54 bits per heavy atom. The maximum Gasteiger partial charge on any atom is 0.160 e. The first-order valence-corrected chi connectivity index (χ1v) is 4.75. The van der Waals surface area contributed by atoms with E-state index >= 15 is 0 Å². The lowest BCUT2D eigenvalue weighted by Crippen LogP contribution is -2.25. The second-order valence-corrected chi connectivity index (χ2v) is 4.70. The van der Waals surface area contributed by atoms with Crippen LogP contribution in [0.1, 0.15) is 38.8 Å². The Labute approximate surface area is 78.5 Å². The van der Waals surface area contributed by atoms with Crippen molar-refractivity contribution in [2.75, 3.05) is 6.61 Å². The van der Waals surface area contributed by atoms with E-state index in [4.69, 9.17) is 4.74 Å². The summed E-state index contributed by atoms with van der Waals surface area (Å²) in [6.45, 7) is 7.59. The van der Waals surface area contributed by atoms with Gasteiger partial charge in [-0.15, -0.1) is 0 Å². The quantitative estimate of drug-likeness (QED) is 0.665. The SMILES string of the molecule is CC(C)(C)C1CCOc2cn[nH]c21. The lowest BCUT2D eigenvalue weighted by Gasteiger charge is -2.33. The molecule has 1 aliphatic rings. The molecule has 0 aromatic carbocycles. The fraction of sp³-hybridized carbons (Fsp3) is 0.700. The van der Waals surface area contributed by atoms with E-state index in [0.29, 0.717) is 5.92 Å². The Bertz CT molecular complexity index is 298. The molecule has 1 unspecified atom stereocenters. The van der Waals surface area contributed by atoms with E-state index in [2.05, 4.69) is 31.0 Å². The van der Waals surface area contributed by atoms with Gasteiger partial charge in [0, 0.05) is 5.92 Å². The number of hydrogen-bond acceptors (Lipinski definition) is 2. The Morgan fingerprint density at radius 3 is 3.00 bits per heavy atom. The summed E-state index contributed by atoms with van der Waals surface area (Å²) in [6, 6.07) is 0. The summed E-state index contributed by atoms with van der Waals surface area (Å²) in [4.78, 5) is 0. The third-order valence-corrected chi connectivity index (χ3v) is 2.69. The molecule has 1 aromatic heterocycles. The number of H-pyrrole nitrogens is 1. The van der Waals surface area contributed by atoms with Gasteiger partial charge in [-0.25, -0.2) is 0 Å². The molecule has 0 aliphatic carbocycles. The fourth-order valence-electron chi connectivity index (χ4n) is 1.95. The van der Waals surface area contributed by atoms with Gasteiger partial charge in [-0.2, -0.15) is 5.10 Å². The van der Waals surface area contributed by atoms with Gasteiger partial charge < -0.3 is 4.74 Å². The molecule has 0 spiro atoms. The van der Waals surface area contributed by atoms with Crippen molar-refractivity contribution in [3.63, 3.8) is 0 Å². The molecule has 2 heterocycles. The minimum Gasteiger partial charge on any atom is -0.490 e.